The maximum atomic E-state index is 5.93. The summed E-state index contributed by atoms with van der Waals surface area (Å²) >= 11 is 0. The Morgan fingerprint density at radius 1 is 1.17 bits per heavy atom. The summed E-state index contributed by atoms with van der Waals surface area (Å²) in [6.07, 6.45) is 8.16. The van der Waals surface area contributed by atoms with Crippen LogP contribution in [-0.2, 0) is 0 Å². The molecule has 1 aliphatic heterocycles. The molecule has 18 heavy (non-hydrogen) atoms. The first-order valence-corrected chi connectivity index (χ1v) is 7.77. The van der Waals surface area contributed by atoms with Crippen molar-refractivity contribution in [2.75, 3.05) is 13.1 Å². The predicted molar refractivity (Wildman–Crippen MR) is 77.1 cm³/mol. The maximum Gasteiger partial charge on any atom is 0.0417 e. The molecule has 0 aromatic carbocycles. The molecular weight excluding hydrogens is 222 g/mol. The van der Waals surface area contributed by atoms with Crippen molar-refractivity contribution >= 4 is 0 Å². The zero-order valence-corrected chi connectivity index (χ0v) is 12.4. The molecule has 1 saturated heterocycles. The lowest BCUT2D eigenvalue weighted by Gasteiger charge is -2.47. The average molecular weight is 253 g/mol. The predicted octanol–water partition coefficient (Wildman–Crippen LogP) is 2.52. The van der Waals surface area contributed by atoms with Gasteiger partial charge in [0.15, 0.2) is 0 Å². The van der Waals surface area contributed by atoms with Crippen LogP contribution in [0.15, 0.2) is 0 Å². The summed E-state index contributed by atoms with van der Waals surface area (Å²) in [5.74, 6) is 7.54. The molecule has 0 spiro atoms. The minimum atomic E-state index is 0.187. The molecule has 3 atom stereocenters. The number of nitrogens with zero attached hydrogens (tertiary/aromatic N) is 1. The van der Waals surface area contributed by atoms with Gasteiger partial charge in [-0.2, -0.15) is 0 Å². The number of hydrogen-bond donors (Lipinski definition) is 2. The SMILES string of the molecule is CC1CCCC(C(NN)C(C)(C)N2CCCC2)C1. The molecule has 0 bridgehead atoms. The summed E-state index contributed by atoms with van der Waals surface area (Å²) in [5, 5.41) is 0. The van der Waals surface area contributed by atoms with Crippen LogP contribution in [0, 0.1) is 11.8 Å². The molecule has 3 heteroatoms. The third-order valence-electron chi connectivity index (χ3n) is 5.31. The topological polar surface area (TPSA) is 41.3 Å². The Morgan fingerprint density at radius 3 is 2.39 bits per heavy atom. The second-order valence-corrected chi connectivity index (χ2v) is 7.02. The molecule has 106 valence electrons. The van der Waals surface area contributed by atoms with Crippen LogP contribution < -0.4 is 11.3 Å². The molecule has 1 aliphatic carbocycles. The Hall–Kier alpha value is -0.120. The van der Waals surface area contributed by atoms with Gasteiger partial charge in [-0.05, 0) is 64.5 Å². The highest BCUT2D eigenvalue weighted by atomic mass is 15.3. The normalized spacial score (nSPS) is 32.7. The van der Waals surface area contributed by atoms with E-state index < -0.39 is 0 Å². The van der Waals surface area contributed by atoms with Gasteiger partial charge >= 0.3 is 0 Å². The largest absolute Gasteiger partial charge is 0.297 e. The van der Waals surface area contributed by atoms with Crippen molar-refractivity contribution in [3.8, 4) is 0 Å². The quantitative estimate of drug-likeness (QED) is 0.597. The van der Waals surface area contributed by atoms with Crippen molar-refractivity contribution in [1.29, 1.82) is 0 Å². The fourth-order valence-corrected chi connectivity index (χ4v) is 4.19. The lowest BCUT2D eigenvalue weighted by molar-refractivity contribution is 0.0585. The van der Waals surface area contributed by atoms with E-state index in [4.69, 9.17) is 5.84 Å². The van der Waals surface area contributed by atoms with E-state index in [-0.39, 0.29) is 5.54 Å². The highest BCUT2D eigenvalue weighted by molar-refractivity contribution is 4.98. The summed E-state index contributed by atoms with van der Waals surface area (Å²) in [6.45, 7) is 9.63. The van der Waals surface area contributed by atoms with Gasteiger partial charge in [0, 0.05) is 11.6 Å². The Kier molecular flexibility index (Phi) is 4.68. The summed E-state index contributed by atoms with van der Waals surface area (Å²) in [5.41, 5.74) is 3.36. The molecule has 2 fully saturated rings. The molecule has 3 unspecified atom stereocenters. The Balaban J connectivity index is 2.05. The molecule has 2 rings (SSSR count). The van der Waals surface area contributed by atoms with Crippen LogP contribution in [0.2, 0.25) is 0 Å². The Bertz CT molecular complexity index is 258. The van der Waals surface area contributed by atoms with Crippen molar-refractivity contribution < 1.29 is 0 Å². The van der Waals surface area contributed by atoms with Gasteiger partial charge in [-0.15, -0.1) is 0 Å². The van der Waals surface area contributed by atoms with E-state index in [1.165, 1.54) is 51.6 Å². The number of nitrogens with two attached hydrogens (primary N) is 1. The van der Waals surface area contributed by atoms with Crippen molar-refractivity contribution in [3.05, 3.63) is 0 Å². The highest BCUT2D eigenvalue weighted by Crippen LogP contribution is 2.36. The van der Waals surface area contributed by atoms with Crippen LogP contribution in [-0.4, -0.2) is 29.6 Å². The van der Waals surface area contributed by atoms with E-state index in [0.29, 0.717) is 6.04 Å². The second-order valence-electron chi connectivity index (χ2n) is 7.02. The zero-order valence-electron chi connectivity index (χ0n) is 12.4. The van der Waals surface area contributed by atoms with Crippen LogP contribution in [0.3, 0.4) is 0 Å². The van der Waals surface area contributed by atoms with Crippen LogP contribution in [0.25, 0.3) is 0 Å². The first kappa shape index (κ1) is 14.3. The first-order valence-electron chi connectivity index (χ1n) is 7.77. The van der Waals surface area contributed by atoms with E-state index in [1.54, 1.807) is 0 Å². The van der Waals surface area contributed by atoms with Crippen molar-refractivity contribution in [3.63, 3.8) is 0 Å². The summed E-state index contributed by atoms with van der Waals surface area (Å²) in [6, 6.07) is 0.429. The third-order valence-corrected chi connectivity index (χ3v) is 5.31. The molecule has 3 N–H and O–H groups in total. The Labute approximate surface area is 112 Å². The maximum absolute atomic E-state index is 5.93. The molecule has 1 saturated carbocycles. The van der Waals surface area contributed by atoms with Gasteiger partial charge in [-0.1, -0.05) is 19.8 Å². The van der Waals surface area contributed by atoms with Gasteiger partial charge in [-0.25, -0.2) is 0 Å². The van der Waals surface area contributed by atoms with Gasteiger partial charge in [0.25, 0.3) is 0 Å². The number of hydrogen-bond acceptors (Lipinski definition) is 3. The van der Waals surface area contributed by atoms with Crippen molar-refractivity contribution in [2.45, 2.75) is 70.9 Å². The molecule has 0 amide bonds. The zero-order chi connectivity index (χ0) is 13.2. The third kappa shape index (κ3) is 2.89. The molecule has 2 aliphatic rings. The molecule has 0 aromatic rings. The van der Waals surface area contributed by atoms with Gasteiger partial charge in [-0.3, -0.25) is 16.2 Å². The fraction of sp³-hybridized carbons (Fsp3) is 1.00. The fourth-order valence-electron chi connectivity index (χ4n) is 4.19. The molecule has 1 heterocycles. The molecule has 3 nitrogen and oxygen atoms in total. The summed E-state index contributed by atoms with van der Waals surface area (Å²) < 4.78 is 0. The van der Waals surface area contributed by atoms with Gasteiger partial charge in [0.1, 0.15) is 0 Å². The van der Waals surface area contributed by atoms with E-state index in [1.807, 2.05) is 0 Å². The van der Waals surface area contributed by atoms with Crippen molar-refractivity contribution in [2.24, 2.45) is 17.7 Å². The molecule has 0 radical (unpaired) electrons. The number of rotatable bonds is 4. The average Bonchev–Trinajstić information content (AvgIpc) is 2.83. The molecular formula is C15H31N3. The Morgan fingerprint density at radius 2 is 1.83 bits per heavy atom. The van der Waals surface area contributed by atoms with Gasteiger partial charge in [0.2, 0.25) is 0 Å². The van der Waals surface area contributed by atoms with E-state index in [2.05, 4.69) is 31.1 Å². The monoisotopic (exact) mass is 253 g/mol. The van der Waals surface area contributed by atoms with E-state index in [0.717, 1.165) is 11.8 Å². The van der Waals surface area contributed by atoms with Crippen molar-refractivity contribution in [1.82, 2.24) is 10.3 Å². The lowest BCUT2D eigenvalue weighted by atomic mass is 9.73. The number of hydrazine groups is 1. The van der Waals surface area contributed by atoms with Crippen LogP contribution in [0.5, 0.6) is 0 Å². The minimum absolute atomic E-state index is 0.187. The first-order chi connectivity index (χ1) is 8.55. The van der Waals surface area contributed by atoms with Gasteiger partial charge < -0.3 is 0 Å². The summed E-state index contributed by atoms with van der Waals surface area (Å²) in [4.78, 5) is 2.64. The van der Waals surface area contributed by atoms with Crippen LogP contribution in [0.1, 0.15) is 59.3 Å². The molecule has 0 aromatic heterocycles. The van der Waals surface area contributed by atoms with E-state index in [9.17, 15) is 0 Å². The van der Waals surface area contributed by atoms with E-state index >= 15 is 0 Å². The smallest absolute Gasteiger partial charge is 0.0417 e. The second kappa shape index (κ2) is 5.89. The number of nitrogens with one attached hydrogen (secondary N) is 1. The lowest BCUT2D eigenvalue weighted by Crippen LogP contribution is -2.62. The standard InChI is InChI=1S/C15H31N3/c1-12-7-6-8-13(11-12)14(17-16)15(2,3)18-9-4-5-10-18/h12-14,17H,4-11,16H2,1-3H3. The summed E-state index contributed by atoms with van der Waals surface area (Å²) in [7, 11) is 0. The number of likely N-dealkylation sites (tertiary alicyclic amines) is 1. The highest BCUT2D eigenvalue weighted by Gasteiger charge is 2.41. The minimum Gasteiger partial charge on any atom is -0.297 e. The van der Waals surface area contributed by atoms with Crippen LogP contribution in [0.4, 0.5) is 0 Å². The van der Waals surface area contributed by atoms with Crippen LogP contribution >= 0.6 is 0 Å². The van der Waals surface area contributed by atoms with Gasteiger partial charge in [0.05, 0.1) is 0 Å².